The fourth-order valence-electron chi connectivity index (χ4n) is 5.24. The van der Waals surface area contributed by atoms with Gasteiger partial charge < -0.3 is 9.80 Å². The van der Waals surface area contributed by atoms with Gasteiger partial charge in [0.15, 0.2) is 5.65 Å². The number of rotatable bonds is 4. The van der Waals surface area contributed by atoms with E-state index >= 15 is 0 Å². The highest BCUT2D eigenvalue weighted by Gasteiger charge is 2.27. The summed E-state index contributed by atoms with van der Waals surface area (Å²) < 4.78 is 29.8. The average molecular weight is 462 g/mol. The first-order chi connectivity index (χ1) is 16.7. The SMILES string of the molecule is Fc1cc(F)cc(-c2nc3ccc(N4CCC(N5CCCC5)CC4)nn3c2-c2ccnnc2)c1. The van der Waals surface area contributed by atoms with Crippen LogP contribution in [0.2, 0.25) is 0 Å². The van der Waals surface area contributed by atoms with E-state index in [-0.39, 0.29) is 0 Å². The quantitative estimate of drug-likeness (QED) is 0.454. The summed E-state index contributed by atoms with van der Waals surface area (Å²) in [5.74, 6) is -0.439. The van der Waals surface area contributed by atoms with E-state index in [0.717, 1.165) is 43.4 Å². The largest absolute Gasteiger partial charge is 0.355 e. The zero-order valence-corrected chi connectivity index (χ0v) is 18.7. The van der Waals surface area contributed by atoms with Gasteiger partial charge >= 0.3 is 0 Å². The Kier molecular flexibility index (Phi) is 5.41. The number of likely N-dealkylation sites (tertiary alicyclic amines) is 1. The predicted octanol–water partition coefficient (Wildman–Crippen LogP) is 4.20. The van der Waals surface area contributed by atoms with Gasteiger partial charge in [0.1, 0.15) is 23.1 Å². The third-order valence-corrected chi connectivity index (χ3v) is 6.90. The molecule has 2 aliphatic rings. The molecule has 0 aliphatic carbocycles. The Morgan fingerprint density at radius 3 is 2.29 bits per heavy atom. The Morgan fingerprint density at radius 2 is 1.59 bits per heavy atom. The molecular formula is C25H25F2N7. The van der Waals surface area contributed by atoms with Crippen molar-refractivity contribution in [3.8, 4) is 22.5 Å². The Hall–Kier alpha value is -3.46. The van der Waals surface area contributed by atoms with Crippen LogP contribution in [-0.4, -0.2) is 61.9 Å². The van der Waals surface area contributed by atoms with E-state index in [2.05, 4.69) is 25.0 Å². The molecule has 0 radical (unpaired) electrons. The third kappa shape index (κ3) is 3.90. The number of anilines is 1. The zero-order chi connectivity index (χ0) is 23.1. The molecule has 7 nitrogen and oxygen atoms in total. The van der Waals surface area contributed by atoms with Gasteiger partial charge in [-0.25, -0.2) is 18.3 Å². The number of benzene rings is 1. The molecule has 174 valence electrons. The van der Waals surface area contributed by atoms with Gasteiger partial charge in [0.25, 0.3) is 0 Å². The molecule has 0 bridgehead atoms. The van der Waals surface area contributed by atoms with Gasteiger partial charge in [-0.2, -0.15) is 10.2 Å². The lowest BCUT2D eigenvalue weighted by Crippen LogP contribution is -2.44. The molecule has 0 atom stereocenters. The average Bonchev–Trinajstić information content (AvgIpc) is 3.52. The second-order valence-electron chi connectivity index (χ2n) is 9.02. The molecule has 0 amide bonds. The summed E-state index contributed by atoms with van der Waals surface area (Å²) in [6, 6.07) is 9.76. The van der Waals surface area contributed by atoms with E-state index in [1.165, 1.54) is 38.1 Å². The fraction of sp³-hybridized carbons (Fsp3) is 0.360. The highest BCUT2D eigenvalue weighted by molar-refractivity contribution is 5.81. The molecule has 34 heavy (non-hydrogen) atoms. The van der Waals surface area contributed by atoms with Gasteiger partial charge in [0.05, 0.1) is 18.1 Å². The molecule has 2 fully saturated rings. The van der Waals surface area contributed by atoms with Crippen LogP contribution in [0.5, 0.6) is 0 Å². The molecular weight excluding hydrogens is 436 g/mol. The normalized spacial score (nSPS) is 17.6. The Morgan fingerprint density at radius 1 is 0.824 bits per heavy atom. The molecule has 0 unspecified atom stereocenters. The molecule has 0 spiro atoms. The molecule has 5 heterocycles. The Bertz CT molecular complexity index is 1290. The Balaban J connectivity index is 1.39. The van der Waals surface area contributed by atoms with Crippen LogP contribution in [0, 0.1) is 11.6 Å². The summed E-state index contributed by atoms with van der Waals surface area (Å²) in [7, 11) is 0. The first-order valence-electron chi connectivity index (χ1n) is 11.8. The van der Waals surface area contributed by atoms with E-state index in [9.17, 15) is 8.78 Å². The molecule has 0 N–H and O–H groups in total. The second kappa shape index (κ2) is 8.72. The van der Waals surface area contributed by atoms with Crippen LogP contribution in [-0.2, 0) is 0 Å². The van der Waals surface area contributed by atoms with Crippen LogP contribution in [0.25, 0.3) is 28.2 Å². The monoisotopic (exact) mass is 461 g/mol. The van der Waals surface area contributed by atoms with Crippen LogP contribution in [0.1, 0.15) is 25.7 Å². The second-order valence-corrected chi connectivity index (χ2v) is 9.02. The van der Waals surface area contributed by atoms with Gasteiger partial charge in [-0.15, -0.1) is 5.10 Å². The minimum absolute atomic E-state index is 0.350. The van der Waals surface area contributed by atoms with Crippen molar-refractivity contribution >= 4 is 11.5 Å². The smallest absolute Gasteiger partial charge is 0.155 e. The summed E-state index contributed by atoms with van der Waals surface area (Å²) >= 11 is 0. The van der Waals surface area contributed by atoms with E-state index in [1.54, 1.807) is 23.0 Å². The highest BCUT2D eigenvalue weighted by Crippen LogP contribution is 2.33. The van der Waals surface area contributed by atoms with Crippen LogP contribution < -0.4 is 4.90 Å². The summed E-state index contributed by atoms with van der Waals surface area (Å²) in [5.41, 5.74) is 2.75. The summed E-state index contributed by atoms with van der Waals surface area (Å²) in [4.78, 5) is 9.62. The minimum atomic E-state index is -0.652. The molecule has 3 aromatic heterocycles. The van der Waals surface area contributed by atoms with Gasteiger partial charge in [-0.05, 0) is 69.1 Å². The third-order valence-electron chi connectivity index (χ3n) is 6.90. The van der Waals surface area contributed by atoms with E-state index in [0.29, 0.717) is 28.6 Å². The highest BCUT2D eigenvalue weighted by atomic mass is 19.1. The van der Waals surface area contributed by atoms with E-state index < -0.39 is 11.6 Å². The number of hydrogen-bond donors (Lipinski definition) is 0. The standard InChI is InChI=1S/C25H25F2N7/c26-19-13-18(14-20(27)15-19)24-25(17-5-8-28-29-16-17)34-22(30-24)3-4-23(31-34)33-11-6-21(7-12-33)32-9-1-2-10-32/h3-5,8,13-16,21H,1-2,6-7,9-12H2. The molecule has 1 aromatic carbocycles. The van der Waals surface area contributed by atoms with Crippen LogP contribution in [0.4, 0.5) is 14.6 Å². The van der Waals surface area contributed by atoms with Crippen molar-refractivity contribution in [2.24, 2.45) is 0 Å². The van der Waals surface area contributed by atoms with Crippen molar-refractivity contribution in [3.05, 3.63) is 60.4 Å². The van der Waals surface area contributed by atoms with Gasteiger partial charge in [0.2, 0.25) is 0 Å². The molecule has 4 aromatic rings. The van der Waals surface area contributed by atoms with Crippen LogP contribution in [0.3, 0.4) is 0 Å². The first kappa shape index (κ1) is 21.1. The lowest BCUT2D eigenvalue weighted by molar-refractivity contribution is 0.207. The van der Waals surface area contributed by atoms with Crippen molar-refractivity contribution < 1.29 is 8.78 Å². The van der Waals surface area contributed by atoms with Crippen molar-refractivity contribution in [2.75, 3.05) is 31.1 Å². The number of piperidine rings is 1. The van der Waals surface area contributed by atoms with Crippen molar-refractivity contribution in [1.82, 2.24) is 29.7 Å². The van der Waals surface area contributed by atoms with Crippen LogP contribution in [0.15, 0.2) is 48.8 Å². The molecule has 2 aliphatic heterocycles. The predicted molar refractivity (Wildman–Crippen MR) is 125 cm³/mol. The Labute approximate surface area is 196 Å². The van der Waals surface area contributed by atoms with Crippen molar-refractivity contribution in [3.63, 3.8) is 0 Å². The fourth-order valence-corrected chi connectivity index (χ4v) is 5.24. The van der Waals surface area contributed by atoms with Gasteiger partial charge in [-0.3, -0.25) is 0 Å². The maximum absolute atomic E-state index is 14.0. The van der Waals surface area contributed by atoms with Gasteiger partial charge in [0, 0.05) is 36.3 Å². The van der Waals surface area contributed by atoms with E-state index in [1.807, 2.05) is 12.1 Å². The molecule has 6 rings (SSSR count). The first-order valence-corrected chi connectivity index (χ1v) is 11.8. The molecule has 9 heteroatoms. The topological polar surface area (TPSA) is 62.5 Å². The summed E-state index contributed by atoms with van der Waals surface area (Å²) in [6.07, 6.45) is 8.06. The summed E-state index contributed by atoms with van der Waals surface area (Å²) in [5, 5.41) is 12.8. The van der Waals surface area contributed by atoms with E-state index in [4.69, 9.17) is 5.10 Å². The summed E-state index contributed by atoms with van der Waals surface area (Å²) in [6.45, 7) is 4.33. The lowest BCUT2D eigenvalue weighted by Gasteiger charge is -2.37. The van der Waals surface area contributed by atoms with Gasteiger partial charge in [-0.1, -0.05) is 0 Å². The lowest BCUT2D eigenvalue weighted by atomic mass is 10.0. The number of aromatic nitrogens is 5. The number of fused-ring (bicyclic) bond motifs is 1. The number of imidazole rings is 1. The number of halogens is 2. The molecule has 2 saturated heterocycles. The van der Waals surface area contributed by atoms with Crippen molar-refractivity contribution in [2.45, 2.75) is 31.7 Å². The maximum atomic E-state index is 14.0. The molecule has 0 saturated carbocycles. The number of hydrogen-bond acceptors (Lipinski definition) is 6. The number of nitrogens with zero attached hydrogens (tertiary/aromatic N) is 7. The zero-order valence-electron chi connectivity index (χ0n) is 18.7. The maximum Gasteiger partial charge on any atom is 0.155 e. The van der Waals surface area contributed by atoms with Crippen LogP contribution >= 0.6 is 0 Å². The minimum Gasteiger partial charge on any atom is -0.355 e. The van der Waals surface area contributed by atoms with Crippen molar-refractivity contribution in [1.29, 1.82) is 0 Å².